The van der Waals surface area contributed by atoms with E-state index < -0.39 is 9.84 Å². The molecular weight excluding hydrogens is 307 g/mol. The number of urea groups is 1. The van der Waals surface area contributed by atoms with Crippen LogP contribution in [-0.2, 0) is 9.84 Å². The van der Waals surface area contributed by atoms with E-state index in [0.717, 1.165) is 0 Å². The second-order valence-electron chi connectivity index (χ2n) is 5.15. The monoisotopic (exact) mass is 326 g/mol. The molecule has 120 valence electrons. The van der Waals surface area contributed by atoms with Crippen molar-refractivity contribution in [3.05, 3.63) is 41.8 Å². The zero-order valence-electron chi connectivity index (χ0n) is 12.3. The van der Waals surface area contributed by atoms with Gasteiger partial charge in [0.25, 0.3) is 0 Å². The molecule has 0 radical (unpaired) electrons. The molecule has 1 fully saturated rings. The van der Waals surface area contributed by atoms with Crippen LogP contribution < -0.4 is 5.32 Å². The van der Waals surface area contributed by atoms with Gasteiger partial charge in [-0.25, -0.2) is 17.6 Å². The molecule has 7 heteroatoms. The lowest BCUT2D eigenvalue weighted by molar-refractivity contribution is 0.187. The lowest BCUT2D eigenvalue weighted by Crippen LogP contribution is -2.45. The normalized spacial score (nSPS) is 20.2. The minimum absolute atomic E-state index is 0.00525. The lowest BCUT2D eigenvalue weighted by Gasteiger charge is -2.26. The maximum Gasteiger partial charge on any atom is 0.321 e. The Bertz CT molecular complexity index is 673. The molecule has 1 unspecified atom stereocenters. The molecule has 5 nitrogen and oxygen atoms in total. The number of amides is 2. The Labute approximate surface area is 129 Å². The van der Waals surface area contributed by atoms with Gasteiger partial charge in [-0.1, -0.05) is 18.2 Å². The number of sulfone groups is 1. The van der Waals surface area contributed by atoms with Gasteiger partial charge in [0.05, 0.1) is 11.5 Å². The quantitative estimate of drug-likeness (QED) is 0.920. The Kier molecular flexibility index (Phi) is 5.18. The van der Waals surface area contributed by atoms with Gasteiger partial charge in [0.15, 0.2) is 9.84 Å². The summed E-state index contributed by atoms with van der Waals surface area (Å²) >= 11 is 0. The van der Waals surface area contributed by atoms with Crippen LogP contribution in [0.1, 0.15) is 18.9 Å². The van der Waals surface area contributed by atoms with E-state index in [4.69, 9.17) is 0 Å². The highest BCUT2D eigenvalue weighted by atomic mass is 32.2. The van der Waals surface area contributed by atoms with E-state index in [-0.39, 0.29) is 29.4 Å². The van der Waals surface area contributed by atoms with Crippen LogP contribution in [0, 0.1) is 5.82 Å². The molecule has 0 spiro atoms. The fraction of sp³-hybridized carbons (Fsp3) is 0.400. The third-order valence-electron chi connectivity index (χ3n) is 3.63. The summed E-state index contributed by atoms with van der Waals surface area (Å²) in [7, 11) is -3.04. The van der Waals surface area contributed by atoms with Crippen molar-refractivity contribution < 1.29 is 17.6 Å². The minimum Gasteiger partial charge on any atom is -0.321 e. The summed E-state index contributed by atoms with van der Waals surface area (Å²) in [4.78, 5) is 13.6. The number of nitrogens with zero attached hydrogens (tertiary/aromatic N) is 1. The van der Waals surface area contributed by atoms with Crippen molar-refractivity contribution in [3.8, 4) is 0 Å². The maximum atomic E-state index is 13.4. The number of carbonyl (C=O) groups is 1. The summed E-state index contributed by atoms with van der Waals surface area (Å²) in [5.74, 6) is -0.250. The number of nitrogens with one attached hydrogen (secondary N) is 1. The summed E-state index contributed by atoms with van der Waals surface area (Å²) < 4.78 is 36.4. The molecule has 1 saturated heterocycles. The van der Waals surface area contributed by atoms with Gasteiger partial charge in [-0.05, 0) is 25.5 Å². The van der Waals surface area contributed by atoms with Crippen molar-refractivity contribution in [2.24, 2.45) is 0 Å². The summed E-state index contributed by atoms with van der Waals surface area (Å²) in [5.41, 5.74) is 0.370. The SMILES string of the molecule is CCN(C(=O)N/C=C/c1ccccc1F)C1CCS(=O)(=O)C1. The lowest BCUT2D eigenvalue weighted by atomic mass is 10.2. The predicted molar refractivity (Wildman–Crippen MR) is 83.4 cm³/mol. The van der Waals surface area contributed by atoms with Crippen molar-refractivity contribution >= 4 is 21.9 Å². The van der Waals surface area contributed by atoms with Crippen molar-refractivity contribution in [3.63, 3.8) is 0 Å². The van der Waals surface area contributed by atoms with Crippen LogP contribution >= 0.6 is 0 Å². The van der Waals surface area contributed by atoms with Crippen molar-refractivity contribution in [1.29, 1.82) is 0 Å². The van der Waals surface area contributed by atoms with Crippen LogP contribution in [-0.4, -0.2) is 43.4 Å². The summed E-state index contributed by atoms with van der Waals surface area (Å²) in [6.07, 6.45) is 3.29. The molecule has 0 aromatic heterocycles. The van der Waals surface area contributed by atoms with Gasteiger partial charge in [-0.3, -0.25) is 0 Å². The summed E-state index contributed by atoms with van der Waals surface area (Å²) in [5, 5.41) is 2.56. The highest BCUT2D eigenvalue weighted by molar-refractivity contribution is 7.91. The third-order valence-corrected chi connectivity index (χ3v) is 5.38. The molecule has 0 aliphatic carbocycles. The molecule has 1 N–H and O–H groups in total. The smallest absolute Gasteiger partial charge is 0.321 e. The van der Waals surface area contributed by atoms with E-state index in [1.165, 1.54) is 23.2 Å². The first-order valence-electron chi connectivity index (χ1n) is 7.11. The molecule has 22 heavy (non-hydrogen) atoms. The number of hydrogen-bond donors (Lipinski definition) is 1. The first kappa shape index (κ1) is 16.5. The molecule has 2 rings (SSSR count). The highest BCUT2D eigenvalue weighted by Crippen LogP contribution is 2.17. The Morgan fingerprint density at radius 3 is 2.77 bits per heavy atom. The van der Waals surface area contributed by atoms with Crippen LogP contribution in [0.2, 0.25) is 0 Å². The molecule has 1 aromatic rings. The summed E-state index contributed by atoms with van der Waals surface area (Å²) in [6.45, 7) is 2.21. The van der Waals surface area contributed by atoms with Crippen LogP contribution in [0.15, 0.2) is 30.5 Å². The van der Waals surface area contributed by atoms with Gasteiger partial charge in [0, 0.05) is 24.4 Å². The van der Waals surface area contributed by atoms with Crippen LogP contribution in [0.4, 0.5) is 9.18 Å². The molecule has 0 saturated carbocycles. The molecule has 1 heterocycles. The van der Waals surface area contributed by atoms with Crippen molar-refractivity contribution in [1.82, 2.24) is 10.2 Å². The first-order chi connectivity index (χ1) is 10.4. The van der Waals surface area contributed by atoms with Gasteiger partial charge >= 0.3 is 6.03 Å². The van der Waals surface area contributed by atoms with Crippen molar-refractivity contribution in [2.45, 2.75) is 19.4 Å². The fourth-order valence-electron chi connectivity index (χ4n) is 2.48. The third kappa shape index (κ3) is 4.07. The number of rotatable bonds is 4. The topological polar surface area (TPSA) is 66.5 Å². The second-order valence-corrected chi connectivity index (χ2v) is 7.38. The van der Waals surface area contributed by atoms with E-state index >= 15 is 0 Å². The average molecular weight is 326 g/mol. The Morgan fingerprint density at radius 1 is 1.45 bits per heavy atom. The second kappa shape index (κ2) is 6.91. The Morgan fingerprint density at radius 2 is 2.18 bits per heavy atom. The zero-order chi connectivity index (χ0) is 16.2. The molecule has 1 aliphatic rings. The van der Waals surface area contributed by atoms with Crippen LogP contribution in [0.5, 0.6) is 0 Å². The number of hydrogen-bond acceptors (Lipinski definition) is 3. The number of halogens is 1. The maximum absolute atomic E-state index is 13.4. The van der Waals surface area contributed by atoms with Crippen molar-refractivity contribution in [2.75, 3.05) is 18.1 Å². The highest BCUT2D eigenvalue weighted by Gasteiger charge is 2.33. The van der Waals surface area contributed by atoms with E-state index in [1.54, 1.807) is 25.1 Å². The fourth-order valence-corrected chi connectivity index (χ4v) is 4.22. The Hall–Kier alpha value is -1.89. The van der Waals surface area contributed by atoms with Crippen LogP contribution in [0.3, 0.4) is 0 Å². The first-order valence-corrected chi connectivity index (χ1v) is 8.93. The summed E-state index contributed by atoms with van der Waals surface area (Å²) in [6, 6.07) is 5.55. The van der Waals surface area contributed by atoms with Gasteiger partial charge in [-0.2, -0.15) is 0 Å². The standard InChI is InChI=1S/C15H19FN2O3S/c1-2-18(13-8-10-22(20,21)11-13)15(19)17-9-7-12-5-3-4-6-14(12)16/h3-7,9,13H,2,8,10-11H2,1H3,(H,17,19)/b9-7+. The van der Waals surface area contributed by atoms with E-state index in [9.17, 15) is 17.6 Å². The van der Waals surface area contributed by atoms with Gasteiger partial charge in [0.1, 0.15) is 5.82 Å². The van der Waals surface area contributed by atoms with Gasteiger partial charge in [0.2, 0.25) is 0 Å². The predicted octanol–water partition coefficient (Wildman–Crippen LogP) is 2.02. The minimum atomic E-state index is -3.04. The molecule has 1 aromatic carbocycles. The molecule has 2 amide bonds. The zero-order valence-corrected chi connectivity index (χ0v) is 13.1. The van der Waals surface area contributed by atoms with Gasteiger partial charge in [-0.15, -0.1) is 0 Å². The van der Waals surface area contributed by atoms with Gasteiger partial charge < -0.3 is 10.2 Å². The van der Waals surface area contributed by atoms with E-state index in [2.05, 4.69) is 5.32 Å². The van der Waals surface area contributed by atoms with E-state index in [0.29, 0.717) is 18.5 Å². The number of carbonyl (C=O) groups excluding carboxylic acids is 1. The van der Waals surface area contributed by atoms with Crippen LogP contribution in [0.25, 0.3) is 6.08 Å². The number of benzene rings is 1. The molecule has 1 aliphatic heterocycles. The molecule has 1 atom stereocenters. The Balaban J connectivity index is 1.97. The van der Waals surface area contributed by atoms with E-state index in [1.807, 2.05) is 0 Å². The molecular formula is C15H19FN2O3S. The average Bonchev–Trinajstić information content (AvgIpc) is 2.82. The largest absolute Gasteiger partial charge is 0.321 e. The molecule has 0 bridgehead atoms.